The van der Waals surface area contributed by atoms with Gasteiger partial charge in [0.05, 0.1) is 0 Å². The molecule has 3 rings (SSSR count). The Balaban J connectivity index is 0.00000156. The quantitative estimate of drug-likeness (QED) is 0.547. The number of halogens is 1. The van der Waals surface area contributed by atoms with Crippen LogP contribution in [0.4, 0.5) is 4.39 Å². The van der Waals surface area contributed by atoms with Crippen molar-refractivity contribution in [3.63, 3.8) is 0 Å². The van der Waals surface area contributed by atoms with Crippen molar-refractivity contribution >= 4 is 0 Å². The molecular formula is C23H33F. The van der Waals surface area contributed by atoms with Crippen molar-refractivity contribution < 1.29 is 5.82 Å². The Morgan fingerprint density at radius 1 is 1.00 bits per heavy atom. The van der Waals surface area contributed by atoms with Crippen LogP contribution in [0.2, 0.25) is 0 Å². The highest BCUT2D eigenvalue weighted by molar-refractivity contribution is 5.64. The maximum Gasteiger partial charge on any atom is 0.131 e. The first-order valence-corrected chi connectivity index (χ1v) is 8.97. The van der Waals surface area contributed by atoms with Gasteiger partial charge in [-0.2, -0.15) is 0 Å². The summed E-state index contributed by atoms with van der Waals surface area (Å²) >= 11 is 0. The van der Waals surface area contributed by atoms with E-state index in [0.717, 1.165) is 29.4 Å². The highest BCUT2D eigenvalue weighted by Gasteiger charge is 2.17. The highest BCUT2D eigenvalue weighted by Crippen LogP contribution is 2.31. The highest BCUT2D eigenvalue weighted by atomic mass is 19.1. The van der Waals surface area contributed by atoms with Gasteiger partial charge in [-0.15, -0.1) is 0 Å². The van der Waals surface area contributed by atoms with Gasteiger partial charge in [-0.1, -0.05) is 76.4 Å². The maximum absolute atomic E-state index is 14.1. The second-order valence-electron chi connectivity index (χ2n) is 7.34. The van der Waals surface area contributed by atoms with Gasteiger partial charge in [0.25, 0.3) is 0 Å². The Morgan fingerprint density at radius 3 is 2.29 bits per heavy atom. The molecular weight excluding hydrogens is 295 g/mol. The normalized spacial score (nSPS) is 20.5. The standard InChI is InChI=1S/C22H27F.CH4.H2/c1-16-3-6-18(7-4-16)8-9-19-10-12-20(13-11-19)21-14-5-17(2)15-22(21)23;;/h5,10-16,18H,3-4,6-9H2,1-2H3;1H4;1H. The van der Waals surface area contributed by atoms with Crippen molar-refractivity contribution in [1.82, 2.24) is 0 Å². The van der Waals surface area contributed by atoms with Gasteiger partial charge < -0.3 is 0 Å². The largest absolute Gasteiger partial charge is 0.206 e. The van der Waals surface area contributed by atoms with Crippen LogP contribution in [-0.4, -0.2) is 0 Å². The molecule has 0 aromatic heterocycles. The van der Waals surface area contributed by atoms with E-state index in [9.17, 15) is 4.39 Å². The Hall–Kier alpha value is -1.63. The van der Waals surface area contributed by atoms with E-state index in [1.165, 1.54) is 37.7 Å². The van der Waals surface area contributed by atoms with E-state index in [-0.39, 0.29) is 14.7 Å². The van der Waals surface area contributed by atoms with Crippen molar-refractivity contribution in [2.75, 3.05) is 0 Å². The molecule has 0 spiro atoms. The van der Waals surface area contributed by atoms with Crippen LogP contribution in [0.3, 0.4) is 0 Å². The lowest BCUT2D eigenvalue weighted by molar-refractivity contribution is 0.278. The molecule has 1 aliphatic rings. The van der Waals surface area contributed by atoms with Gasteiger partial charge in [-0.25, -0.2) is 4.39 Å². The average Bonchev–Trinajstić information content (AvgIpc) is 2.55. The van der Waals surface area contributed by atoms with Gasteiger partial charge >= 0.3 is 0 Å². The Labute approximate surface area is 148 Å². The molecule has 2 aromatic carbocycles. The molecule has 0 aliphatic heterocycles. The molecule has 0 radical (unpaired) electrons. The van der Waals surface area contributed by atoms with E-state index in [4.69, 9.17) is 0 Å². The fraction of sp³-hybridized carbons (Fsp3) is 0.478. The molecule has 0 N–H and O–H groups in total. The van der Waals surface area contributed by atoms with Crippen LogP contribution in [0.15, 0.2) is 42.5 Å². The lowest BCUT2D eigenvalue weighted by Crippen LogP contribution is -2.12. The minimum Gasteiger partial charge on any atom is -0.206 e. The number of hydrogen-bond donors (Lipinski definition) is 0. The molecule has 0 unspecified atom stereocenters. The predicted octanol–water partition coefficient (Wildman–Crippen LogP) is 7.44. The summed E-state index contributed by atoms with van der Waals surface area (Å²) < 4.78 is 14.1. The number of aryl methyl sites for hydroxylation is 2. The van der Waals surface area contributed by atoms with Crippen LogP contribution < -0.4 is 0 Å². The molecule has 0 atom stereocenters. The van der Waals surface area contributed by atoms with Crippen molar-refractivity contribution in [2.45, 2.75) is 59.8 Å². The summed E-state index contributed by atoms with van der Waals surface area (Å²) in [7, 11) is 0. The Morgan fingerprint density at radius 2 is 1.67 bits per heavy atom. The van der Waals surface area contributed by atoms with Crippen LogP contribution >= 0.6 is 0 Å². The molecule has 1 aliphatic carbocycles. The molecule has 1 fully saturated rings. The van der Waals surface area contributed by atoms with E-state index in [1.807, 2.05) is 19.1 Å². The monoisotopic (exact) mass is 328 g/mol. The topological polar surface area (TPSA) is 0 Å². The summed E-state index contributed by atoms with van der Waals surface area (Å²) in [4.78, 5) is 0. The number of rotatable bonds is 4. The van der Waals surface area contributed by atoms with Gasteiger partial charge in [0.15, 0.2) is 0 Å². The Bertz CT molecular complexity index is 640. The Kier molecular flexibility index (Phi) is 6.60. The first-order chi connectivity index (χ1) is 11.1. The van der Waals surface area contributed by atoms with E-state index < -0.39 is 0 Å². The predicted molar refractivity (Wildman–Crippen MR) is 105 cm³/mol. The van der Waals surface area contributed by atoms with Crippen LogP contribution in [-0.2, 0) is 6.42 Å². The van der Waals surface area contributed by atoms with Crippen LogP contribution in [0.25, 0.3) is 11.1 Å². The first-order valence-electron chi connectivity index (χ1n) is 8.97. The van der Waals surface area contributed by atoms with E-state index >= 15 is 0 Å². The third kappa shape index (κ3) is 4.69. The third-order valence-electron chi connectivity index (χ3n) is 5.37. The molecule has 0 saturated heterocycles. The minimum absolute atomic E-state index is 0. The van der Waals surface area contributed by atoms with Crippen molar-refractivity contribution in [3.8, 4) is 11.1 Å². The molecule has 0 bridgehead atoms. The van der Waals surface area contributed by atoms with E-state index in [2.05, 4.69) is 31.2 Å². The molecule has 1 saturated carbocycles. The molecule has 1 heteroatoms. The number of hydrogen-bond acceptors (Lipinski definition) is 0. The van der Waals surface area contributed by atoms with Crippen molar-refractivity contribution in [1.29, 1.82) is 0 Å². The van der Waals surface area contributed by atoms with Gasteiger partial charge in [-0.3, -0.25) is 0 Å². The first kappa shape index (κ1) is 18.7. The lowest BCUT2D eigenvalue weighted by Gasteiger charge is -2.26. The summed E-state index contributed by atoms with van der Waals surface area (Å²) in [5, 5.41) is 0. The molecule has 24 heavy (non-hydrogen) atoms. The van der Waals surface area contributed by atoms with Gasteiger partial charge in [0.2, 0.25) is 0 Å². The van der Waals surface area contributed by atoms with Gasteiger partial charge in [0, 0.05) is 6.99 Å². The second-order valence-corrected chi connectivity index (χ2v) is 7.34. The minimum atomic E-state index is -0.130. The summed E-state index contributed by atoms with van der Waals surface area (Å²) in [6.07, 6.45) is 8.04. The van der Waals surface area contributed by atoms with Gasteiger partial charge in [0.1, 0.15) is 5.82 Å². The molecule has 0 nitrogen and oxygen atoms in total. The zero-order valence-corrected chi connectivity index (χ0v) is 14.3. The van der Waals surface area contributed by atoms with E-state index in [1.54, 1.807) is 6.07 Å². The smallest absolute Gasteiger partial charge is 0.131 e. The molecule has 132 valence electrons. The summed E-state index contributed by atoms with van der Waals surface area (Å²) in [5.74, 6) is 1.70. The summed E-state index contributed by atoms with van der Waals surface area (Å²) in [6.45, 7) is 4.29. The molecule has 0 heterocycles. The van der Waals surface area contributed by atoms with Gasteiger partial charge in [-0.05, 0) is 54.4 Å². The fourth-order valence-corrected chi connectivity index (χ4v) is 3.69. The lowest BCUT2D eigenvalue weighted by atomic mass is 9.80. The van der Waals surface area contributed by atoms with Crippen molar-refractivity contribution in [2.24, 2.45) is 11.8 Å². The summed E-state index contributed by atoms with van der Waals surface area (Å²) in [6, 6.07) is 13.9. The van der Waals surface area contributed by atoms with Crippen LogP contribution in [0, 0.1) is 24.6 Å². The van der Waals surface area contributed by atoms with E-state index in [0.29, 0.717) is 5.56 Å². The zero-order chi connectivity index (χ0) is 16.2. The zero-order valence-electron chi connectivity index (χ0n) is 14.3. The summed E-state index contributed by atoms with van der Waals surface area (Å²) in [5.41, 5.74) is 4.01. The number of benzene rings is 2. The molecule has 2 aromatic rings. The maximum atomic E-state index is 14.1. The second kappa shape index (κ2) is 8.46. The SMILES string of the molecule is C.Cc1ccc(-c2ccc(CCC3CCC(C)CC3)cc2)c(F)c1.[HH]. The van der Waals surface area contributed by atoms with Crippen LogP contribution in [0.1, 0.15) is 59.0 Å². The fourth-order valence-electron chi connectivity index (χ4n) is 3.69. The third-order valence-corrected chi connectivity index (χ3v) is 5.37. The van der Waals surface area contributed by atoms with Crippen molar-refractivity contribution in [3.05, 3.63) is 59.4 Å². The average molecular weight is 329 g/mol. The molecule has 0 amide bonds. The van der Waals surface area contributed by atoms with Crippen LogP contribution in [0.5, 0.6) is 0 Å².